The van der Waals surface area contributed by atoms with E-state index >= 15 is 0 Å². The van der Waals surface area contributed by atoms with Crippen LogP contribution in [0.5, 0.6) is 0 Å². The molecule has 120 valence electrons. The molecule has 0 aliphatic heterocycles. The fourth-order valence-electron chi connectivity index (χ4n) is 4.06. The van der Waals surface area contributed by atoms with Crippen molar-refractivity contribution >= 4 is 34.4 Å². The fourth-order valence-corrected chi connectivity index (χ4v) is 4.06. The Hall–Kier alpha value is -1.78. The van der Waals surface area contributed by atoms with Crippen molar-refractivity contribution in [2.24, 2.45) is 7.05 Å². The van der Waals surface area contributed by atoms with E-state index in [2.05, 4.69) is 39.3 Å². The fraction of sp³-hybridized carbons (Fsp3) is 0.368. The van der Waals surface area contributed by atoms with E-state index in [0.29, 0.717) is 5.46 Å². The van der Waals surface area contributed by atoms with Gasteiger partial charge in [-0.25, -0.2) is 0 Å². The summed E-state index contributed by atoms with van der Waals surface area (Å²) in [4.78, 5) is 0. The van der Waals surface area contributed by atoms with Crippen LogP contribution < -0.4 is 5.46 Å². The molecule has 23 heavy (non-hydrogen) atoms. The van der Waals surface area contributed by atoms with Crippen LogP contribution in [0, 0.1) is 41.5 Å². The number of benzene rings is 2. The van der Waals surface area contributed by atoms with Gasteiger partial charge in [0.25, 0.3) is 0 Å². The Morgan fingerprint density at radius 1 is 0.739 bits per heavy atom. The van der Waals surface area contributed by atoms with Crippen LogP contribution in [-0.4, -0.2) is 21.7 Å². The highest BCUT2D eigenvalue weighted by Gasteiger charge is 2.23. The highest BCUT2D eigenvalue weighted by atomic mass is 16.4. The summed E-state index contributed by atoms with van der Waals surface area (Å²) in [7, 11) is 0.661. The largest absolute Gasteiger partial charge is 0.488 e. The molecule has 0 fully saturated rings. The maximum absolute atomic E-state index is 9.74. The van der Waals surface area contributed by atoms with Crippen molar-refractivity contribution in [1.82, 2.24) is 4.57 Å². The van der Waals surface area contributed by atoms with Crippen LogP contribution in [-0.2, 0) is 7.05 Å². The van der Waals surface area contributed by atoms with Crippen LogP contribution in [0.15, 0.2) is 6.07 Å². The molecule has 4 heteroatoms. The van der Waals surface area contributed by atoms with E-state index in [9.17, 15) is 10.0 Å². The van der Waals surface area contributed by atoms with Crippen molar-refractivity contribution < 1.29 is 10.0 Å². The summed E-state index contributed by atoms with van der Waals surface area (Å²) in [6, 6.07) is 1.89. The van der Waals surface area contributed by atoms with Gasteiger partial charge in [0.15, 0.2) is 0 Å². The average Bonchev–Trinajstić information content (AvgIpc) is 2.80. The lowest BCUT2D eigenvalue weighted by Gasteiger charge is -2.13. The summed E-state index contributed by atoms with van der Waals surface area (Å²) in [6.07, 6.45) is 0. The second-order valence-electron chi connectivity index (χ2n) is 6.79. The molecule has 0 radical (unpaired) electrons. The molecule has 0 atom stereocenters. The van der Waals surface area contributed by atoms with E-state index in [-0.39, 0.29) is 0 Å². The zero-order chi connectivity index (χ0) is 17.2. The lowest BCUT2D eigenvalue weighted by atomic mass is 9.75. The van der Waals surface area contributed by atoms with Crippen LogP contribution in [0.2, 0.25) is 0 Å². The summed E-state index contributed by atoms with van der Waals surface area (Å²) in [5, 5.41) is 21.9. The second kappa shape index (κ2) is 5.12. The SMILES string of the molecule is Cc1c(C)c(C)c2c(c1C)c1c(C)c(B(O)O)cc(C)c1n2C. The third-order valence-electron chi connectivity index (χ3n) is 5.64. The van der Waals surface area contributed by atoms with Gasteiger partial charge in [0.1, 0.15) is 0 Å². The lowest BCUT2D eigenvalue weighted by Crippen LogP contribution is -2.32. The third kappa shape index (κ3) is 1.98. The van der Waals surface area contributed by atoms with Gasteiger partial charge in [-0.2, -0.15) is 0 Å². The molecular formula is C19H24BNO2. The summed E-state index contributed by atoms with van der Waals surface area (Å²) in [6.45, 7) is 12.7. The van der Waals surface area contributed by atoms with Gasteiger partial charge in [-0.15, -0.1) is 0 Å². The molecule has 0 amide bonds. The van der Waals surface area contributed by atoms with Gasteiger partial charge in [-0.3, -0.25) is 0 Å². The average molecular weight is 309 g/mol. The number of fused-ring (bicyclic) bond motifs is 3. The monoisotopic (exact) mass is 309 g/mol. The van der Waals surface area contributed by atoms with E-state index < -0.39 is 7.12 Å². The first kappa shape index (κ1) is 16.1. The molecule has 1 aromatic heterocycles. The van der Waals surface area contributed by atoms with Crippen molar-refractivity contribution in [2.75, 3.05) is 0 Å². The maximum Gasteiger partial charge on any atom is 0.488 e. The van der Waals surface area contributed by atoms with E-state index in [1.807, 2.05) is 19.9 Å². The molecule has 0 spiro atoms. The first-order valence-electron chi connectivity index (χ1n) is 8.03. The summed E-state index contributed by atoms with van der Waals surface area (Å²) in [5.41, 5.74) is 10.3. The van der Waals surface area contributed by atoms with Crippen LogP contribution in [0.25, 0.3) is 21.8 Å². The Morgan fingerprint density at radius 2 is 1.26 bits per heavy atom. The van der Waals surface area contributed by atoms with Crippen molar-refractivity contribution in [2.45, 2.75) is 41.5 Å². The predicted octanol–water partition coefficient (Wildman–Crippen LogP) is 2.86. The van der Waals surface area contributed by atoms with Gasteiger partial charge in [0.2, 0.25) is 0 Å². The van der Waals surface area contributed by atoms with Crippen LogP contribution >= 0.6 is 0 Å². The third-order valence-corrected chi connectivity index (χ3v) is 5.64. The quantitative estimate of drug-likeness (QED) is 0.679. The highest BCUT2D eigenvalue weighted by molar-refractivity contribution is 6.59. The predicted molar refractivity (Wildman–Crippen MR) is 98.7 cm³/mol. The molecule has 0 bridgehead atoms. The van der Waals surface area contributed by atoms with Gasteiger partial charge in [-0.05, 0) is 80.4 Å². The summed E-state index contributed by atoms with van der Waals surface area (Å²) in [5.74, 6) is 0. The molecule has 0 saturated heterocycles. The summed E-state index contributed by atoms with van der Waals surface area (Å²) < 4.78 is 2.26. The number of nitrogens with zero attached hydrogens (tertiary/aromatic N) is 1. The van der Waals surface area contributed by atoms with Gasteiger partial charge >= 0.3 is 7.12 Å². The molecule has 3 nitrogen and oxygen atoms in total. The zero-order valence-electron chi connectivity index (χ0n) is 15.0. The van der Waals surface area contributed by atoms with Crippen LogP contribution in [0.1, 0.15) is 33.4 Å². The molecule has 0 aliphatic rings. The van der Waals surface area contributed by atoms with E-state index in [1.54, 1.807) is 0 Å². The molecule has 2 N–H and O–H groups in total. The minimum Gasteiger partial charge on any atom is -0.423 e. The number of aryl methyl sites for hydroxylation is 5. The standard InChI is InChI=1S/C19H24BNO2/c1-9-8-15(20(22)23)14(6)17-16-12(4)10(2)11(3)13(5)19(16)21(7)18(9)17/h8,22-23H,1-7H3. The Labute approximate surface area is 137 Å². The maximum atomic E-state index is 9.74. The molecule has 1 heterocycles. The van der Waals surface area contributed by atoms with Crippen molar-refractivity contribution in [3.05, 3.63) is 39.4 Å². The molecule has 0 unspecified atom stereocenters. The van der Waals surface area contributed by atoms with Crippen LogP contribution in [0.4, 0.5) is 0 Å². The van der Waals surface area contributed by atoms with Crippen molar-refractivity contribution in [1.29, 1.82) is 0 Å². The van der Waals surface area contributed by atoms with E-state index in [0.717, 1.165) is 16.5 Å². The number of hydrogen-bond donors (Lipinski definition) is 2. The van der Waals surface area contributed by atoms with Crippen LogP contribution in [0.3, 0.4) is 0 Å². The minimum absolute atomic E-state index is 0.595. The first-order chi connectivity index (χ1) is 10.7. The smallest absolute Gasteiger partial charge is 0.423 e. The number of rotatable bonds is 1. The Balaban J connectivity index is 2.73. The molecule has 2 aromatic carbocycles. The first-order valence-corrected chi connectivity index (χ1v) is 8.03. The Kier molecular flexibility index (Phi) is 3.58. The van der Waals surface area contributed by atoms with E-state index in [4.69, 9.17) is 0 Å². The van der Waals surface area contributed by atoms with Gasteiger partial charge in [0.05, 0.1) is 11.0 Å². The molecule has 3 aromatic rings. The molecule has 0 saturated carbocycles. The van der Waals surface area contributed by atoms with Gasteiger partial charge in [0, 0.05) is 17.8 Å². The molecular weight excluding hydrogens is 285 g/mol. The van der Waals surface area contributed by atoms with Gasteiger partial charge in [-0.1, -0.05) is 6.07 Å². The molecule has 3 rings (SSSR count). The minimum atomic E-state index is -1.44. The van der Waals surface area contributed by atoms with E-state index in [1.165, 1.54) is 38.7 Å². The Bertz CT molecular complexity index is 968. The lowest BCUT2D eigenvalue weighted by molar-refractivity contribution is 0.425. The van der Waals surface area contributed by atoms with Crippen molar-refractivity contribution in [3.63, 3.8) is 0 Å². The number of hydrogen-bond acceptors (Lipinski definition) is 2. The normalized spacial score (nSPS) is 11.7. The molecule has 0 aliphatic carbocycles. The summed E-state index contributed by atoms with van der Waals surface area (Å²) >= 11 is 0. The highest BCUT2D eigenvalue weighted by Crippen LogP contribution is 2.38. The zero-order valence-corrected chi connectivity index (χ0v) is 15.0. The van der Waals surface area contributed by atoms with Gasteiger partial charge < -0.3 is 14.6 Å². The second-order valence-corrected chi connectivity index (χ2v) is 6.79. The van der Waals surface area contributed by atoms with Crippen molar-refractivity contribution in [3.8, 4) is 0 Å². The topological polar surface area (TPSA) is 45.4 Å². The Morgan fingerprint density at radius 3 is 1.83 bits per heavy atom. The number of aromatic nitrogens is 1.